The van der Waals surface area contributed by atoms with Crippen LogP contribution in [0.2, 0.25) is 0 Å². The zero-order valence-corrected chi connectivity index (χ0v) is 11.8. The first-order chi connectivity index (χ1) is 9.74. The lowest BCUT2D eigenvalue weighted by atomic mass is 10.1. The fourth-order valence-electron chi connectivity index (χ4n) is 2.44. The third-order valence-electron chi connectivity index (χ3n) is 3.44. The molecule has 5 nitrogen and oxygen atoms in total. The van der Waals surface area contributed by atoms with Gasteiger partial charge in [0.25, 0.3) is 0 Å². The number of carbonyl (C=O) groups excluding carboxylic acids is 1. The molecule has 1 atom stereocenters. The number of primary amides is 1. The molecule has 3 N–H and O–H groups in total. The topological polar surface area (TPSA) is 67.6 Å². The van der Waals surface area contributed by atoms with Gasteiger partial charge in [0.2, 0.25) is 0 Å². The number of piperidine rings is 1. The van der Waals surface area contributed by atoms with Crippen LogP contribution in [0.1, 0.15) is 24.8 Å². The summed E-state index contributed by atoms with van der Waals surface area (Å²) in [5.41, 5.74) is 6.40. The Bertz CT molecular complexity index is 405. The van der Waals surface area contributed by atoms with Crippen molar-refractivity contribution in [3.8, 4) is 0 Å². The molecule has 0 spiro atoms. The lowest BCUT2D eigenvalue weighted by Crippen LogP contribution is -2.44. The van der Waals surface area contributed by atoms with Gasteiger partial charge in [0, 0.05) is 13.1 Å². The van der Waals surface area contributed by atoms with Crippen LogP contribution in [0.4, 0.5) is 4.79 Å². The first-order valence-corrected chi connectivity index (χ1v) is 7.22. The van der Waals surface area contributed by atoms with Crippen molar-refractivity contribution in [3.05, 3.63) is 35.9 Å². The van der Waals surface area contributed by atoms with E-state index in [4.69, 9.17) is 10.6 Å². The second kappa shape index (κ2) is 7.87. The van der Waals surface area contributed by atoms with Crippen molar-refractivity contribution in [1.29, 1.82) is 0 Å². The van der Waals surface area contributed by atoms with Gasteiger partial charge in [-0.1, -0.05) is 36.8 Å². The van der Waals surface area contributed by atoms with Crippen molar-refractivity contribution in [2.24, 2.45) is 5.73 Å². The summed E-state index contributed by atoms with van der Waals surface area (Å²) in [5, 5.41) is 4.75. The number of hydrogen-bond acceptors (Lipinski definition) is 3. The van der Waals surface area contributed by atoms with E-state index in [-0.39, 0.29) is 6.04 Å². The van der Waals surface area contributed by atoms with Gasteiger partial charge in [-0.2, -0.15) is 5.06 Å². The van der Waals surface area contributed by atoms with Gasteiger partial charge in [-0.05, 0) is 24.8 Å². The Balaban J connectivity index is 1.84. The van der Waals surface area contributed by atoms with Gasteiger partial charge in [-0.3, -0.25) is 4.84 Å². The van der Waals surface area contributed by atoms with Crippen LogP contribution in [-0.2, 0) is 11.3 Å². The summed E-state index contributed by atoms with van der Waals surface area (Å²) in [5.74, 6) is 0. The smallest absolute Gasteiger partial charge is 0.312 e. The molecule has 1 aliphatic rings. The zero-order chi connectivity index (χ0) is 14.2. The number of nitrogens with two attached hydrogens (primary N) is 1. The van der Waals surface area contributed by atoms with Crippen molar-refractivity contribution >= 4 is 6.03 Å². The van der Waals surface area contributed by atoms with E-state index in [0.717, 1.165) is 25.1 Å². The minimum Gasteiger partial charge on any atom is -0.352 e. The number of nitrogens with one attached hydrogen (secondary N) is 1. The second-order valence-electron chi connectivity index (χ2n) is 5.18. The van der Waals surface area contributed by atoms with Crippen molar-refractivity contribution in [2.75, 3.05) is 19.7 Å². The van der Waals surface area contributed by atoms with E-state index in [1.807, 2.05) is 35.4 Å². The summed E-state index contributed by atoms with van der Waals surface area (Å²) < 4.78 is 0. The molecule has 0 radical (unpaired) electrons. The largest absolute Gasteiger partial charge is 0.352 e. The molecular formula is C15H23N3O2. The Hall–Kier alpha value is -1.59. The molecule has 1 aromatic carbocycles. The molecule has 110 valence electrons. The maximum atomic E-state index is 11.1. The SMILES string of the molecule is NC(=O)N[C@@H](CON1CCCCC1)Cc1ccccc1. The number of benzene rings is 1. The molecule has 1 aromatic rings. The summed E-state index contributed by atoms with van der Waals surface area (Å²) in [6.07, 6.45) is 4.34. The van der Waals surface area contributed by atoms with Crippen molar-refractivity contribution in [2.45, 2.75) is 31.7 Å². The predicted octanol–water partition coefficient (Wildman–Crippen LogP) is 1.68. The van der Waals surface area contributed by atoms with Gasteiger partial charge < -0.3 is 11.1 Å². The molecule has 1 heterocycles. The minimum absolute atomic E-state index is 0.100. The van der Waals surface area contributed by atoms with E-state index < -0.39 is 6.03 Å². The second-order valence-corrected chi connectivity index (χ2v) is 5.18. The van der Waals surface area contributed by atoms with Gasteiger partial charge in [0.05, 0.1) is 12.6 Å². The van der Waals surface area contributed by atoms with Crippen LogP contribution in [-0.4, -0.2) is 36.8 Å². The van der Waals surface area contributed by atoms with Crippen LogP contribution in [0.15, 0.2) is 30.3 Å². The molecule has 0 aliphatic carbocycles. The van der Waals surface area contributed by atoms with E-state index in [1.165, 1.54) is 19.3 Å². The number of hydrogen-bond donors (Lipinski definition) is 2. The molecular weight excluding hydrogens is 254 g/mol. The summed E-state index contributed by atoms with van der Waals surface area (Å²) >= 11 is 0. The number of carbonyl (C=O) groups is 1. The zero-order valence-electron chi connectivity index (χ0n) is 11.8. The summed E-state index contributed by atoms with van der Waals surface area (Å²) in [6, 6.07) is 9.42. The molecule has 5 heteroatoms. The van der Waals surface area contributed by atoms with Crippen molar-refractivity contribution < 1.29 is 9.63 Å². The fourth-order valence-corrected chi connectivity index (χ4v) is 2.44. The van der Waals surface area contributed by atoms with E-state index in [9.17, 15) is 4.79 Å². The normalized spacial score (nSPS) is 17.6. The van der Waals surface area contributed by atoms with E-state index >= 15 is 0 Å². The highest BCUT2D eigenvalue weighted by Gasteiger charge is 2.16. The molecule has 0 unspecified atom stereocenters. The number of amides is 2. The standard InChI is InChI=1S/C15H23N3O2/c16-15(19)17-14(11-13-7-3-1-4-8-13)12-20-18-9-5-2-6-10-18/h1,3-4,7-8,14H,2,5-6,9-12H2,(H3,16,17,19)/t14-/m1/s1. The highest BCUT2D eigenvalue weighted by Crippen LogP contribution is 2.10. The van der Waals surface area contributed by atoms with Gasteiger partial charge in [-0.25, -0.2) is 4.79 Å². The Morgan fingerprint density at radius 1 is 1.25 bits per heavy atom. The lowest BCUT2D eigenvalue weighted by Gasteiger charge is -2.28. The van der Waals surface area contributed by atoms with E-state index in [0.29, 0.717) is 6.61 Å². The third-order valence-corrected chi connectivity index (χ3v) is 3.44. The summed E-state index contributed by atoms with van der Waals surface area (Å²) in [7, 11) is 0. The van der Waals surface area contributed by atoms with Crippen LogP contribution >= 0.6 is 0 Å². The van der Waals surface area contributed by atoms with Gasteiger partial charge in [0.1, 0.15) is 0 Å². The molecule has 0 aromatic heterocycles. The highest BCUT2D eigenvalue weighted by molar-refractivity contribution is 5.72. The molecule has 2 rings (SSSR count). The molecule has 1 fully saturated rings. The number of nitrogens with zero attached hydrogens (tertiary/aromatic N) is 1. The molecule has 20 heavy (non-hydrogen) atoms. The van der Waals surface area contributed by atoms with Crippen LogP contribution in [0.25, 0.3) is 0 Å². The monoisotopic (exact) mass is 277 g/mol. The van der Waals surface area contributed by atoms with Crippen molar-refractivity contribution in [1.82, 2.24) is 10.4 Å². The van der Waals surface area contributed by atoms with Gasteiger partial charge >= 0.3 is 6.03 Å². The molecule has 2 amide bonds. The van der Waals surface area contributed by atoms with Crippen LogP contribution in [0.5, 0.6) is 0 Å². The van der Waals surface area contributed by atoms with Crippen LogP contribution in [0.3, 0.4) is 0 Å². The maximum Gasteiger partial charge on any atom is 0.312 e. The molecule has 1 aliphatic heterocycles. The fraction of sp³-hybridized carbons (Fsp3) is 0.533. The molecule has 0 bridgehead atoms. The third kappa shape index (κ3) is 5.19. The Labute approximate surface area is 120 Å². The predicted molar refractivity (Wildman–Crippen MR) is 78.0 cm³/mol. The number of urea groups is 1. The number of rotatable bonds is 6. The average Bonchev–Trinajstić information content (AvgIpc) is 2.46. The van der Waals surface area contributed by atoms with Crippen LogP contribution in [0, 0.1) is 0 Å². The molecule has 1 saturated heterocycles. The van der Waals surface area contributed by atoms with Gasteiger partial charge in [-0.15, -0.1) is 0 Å². The van der Waals surface area contributed by atoms with E-state index in [2.05, 4.69) is 5.32 Å². The average molecular weight is 277 g/mol. The maximum absolute atomic E-state index is 11.1. The summed E-state index contributed by atoms with van der Waals surface area (Å²) in [4.78, 5) is 16.9. The van der Waals surface area contributed by atoms with E-state index in [1.54, 1.807) is 0 Å². The van der Waals surface area contributed by atoms with Crippen LogP contribution < -0.4 is 11.1 Å². The number of hydroxylamine groups is 2. The molecule has 0 saturated carbocycles. The van der Waals surface area contributed by atoms with Gasteiger partial charge in [0.15, 0.2) is 0 Å². The minimum atomic E-state index is -0.506. The summed E-state index contributed by atoms with van der Waals surface area (Å²) in [6.45, 7) is 2.39. The Morgan fingerprint density at radius 2 is 1.95 bits per heavy atom. The first kappa shape index (κ1) is 14.8. The lowest BCUT2D eigenvalue weighted by molar-refractivity contribution is -0.172. The quantitative estimate of drug-likeness (QED) is 0.831. The Morgan fingerprint density at radius 3 is 2.60 bits per heavy atom. The van der Waals surface area contributed by atoms with Crippen molar-refractivity contribution in [3.63, 3.8) is 0 Å². The first-order valence-electron chi connectivity index (χ1n) is 7.22. The Kier molecular flexibility index (Phi) is 5.83. The highest BCUT2D eigenvalue weighted by atomic mass is 16.7.